The Morgan fingerprint density at radius 2 is 1.89 bits per heavy atom. The first kappa shape index (κ1) is 17.9. The molecule has 19 heavy (non-hydrogen) atoms. The van der Waals surface area contributed by atoms with Gasteiger partial charge < -0.3 is 9.80 Å². The summed E-state index contributed by atoms with van der Waals surface area (Å²) >= 11 is 0. The number of hydrogen-bond donors (Lipinski definition) is 1. The zero-order chi connectivity index (χ0) is 14.7. The molecule has 0 aliphatic carbocycles. The van der Waals surface area contributed by atoms with Crippen molar-refractivity contribution in [3.05, 3.63) is 0 Å². The molecule has 0 aromatic heterocycles. The van der Waals surface area contributed by atoms with Crippen LogP contribution in [0.15, 0.2) is 0 Å². The third-order valence-electron chi connectivity index (χ3n) is 3.02. The monoisotopic (exact) mass is 267 g/mol. The first-order valence-electron chi connectivity index (χ1n) is 7.19. The number of likely N-dealkylation sites (N-methyl/N-ethyl adjacent to an activating group) is 1. The highest BCUT2D eigenvalue weighted by molar-refractivity contribution is 5.78. The van der Waals surface area contributed by atoms with E-state index in [9.17, 15) is 4.79 Å². The van der Waals surface area contributed by atoms with Gasteiger partial charge in [0.15, 0.2) is 0 Å². The van der Waals surface area contributed by atoms with E-state index in [1.807, 2.05) is 4.90 Å². The van der Waals surface area contributed by atoms with Crippen LogP contribution in [-0.4, -0.2) is 61.5 Å². The van der Waals surface area contributed by atoms with E-state index in [0.717, 1.165) is 32.7 Å². The van der Waals surface area contributed by atoms with Gasteiger partial charge in [0.1, 0.15) is 0 Å². The molecule has 4 heteroatoms. The summed E-state index contributed by atoms with van der Waals surface area (Å²) in [6.07, 6.45) is 5.16. The van der Waals surface area contributed by atoms with Gasteiger partial charge in [-0.3, -0.25) is 10.1 Å². The Hall–Kier alpha value is -1.05. The molecule has 1 N–H and O–H groups in total. The predicted octanol–water partition coefficient (Wildman–Crippen LogP) is 1.04. The quantitative estimate of drug-likeness (QED) is 0.474. The number of terminal acetylenes is 1. The Morgan fingerprint density at radius 3 is 2.37 bits per heavy atom. The third kappa shape index (κ3) is 8.63. The SMILES string of the molecule is C#CCNCC(=O)N(CCN(CC)CC)CC(C)C. The summed E-state index contributed by atoms with van der Waals surface area (Å²) in [6, 6.07) is 0. The Labute approximate surface area is 118 Å². The summed E-state index contributed by atoms with van der Waals surface area (Å²) in [5, 5.41) is 2.96. The molecular weight excluding hydrogens is 238 g/mol. The highest BCUT2D eigenvalue weighted by atomic mass is 16.2. The number of amides is 1. The summed E-state index contributed by atoms with van der Waals surface area (Å²) < 4.78 is 0. The Kier molecular flexibility index (Phi) is 10.2. The molecule has 0 fully saturated rings. The minimum atomic E-state index is 0.135. The highest BCUT2D eigenvalue weighted by Crippen LogP contribution is 2.00. The summed E-state index contributed by atoms with van der Waals surface area (Å²) in [5.74, 6) is 3.10. The lowest BCUT2D eigenvalue weighted by Crippen LogP contribution is -2.44. The largest absolute Gasteiger partial charge is 0.340 e. The maximum atomic E-state index is 12.1. The van der Waals surface area contributed by atoms with Crippen molar-refractivity contribution in [2.24, 2.45) is 5.92 Å². The van der Waals surface area contributed by atoms with Gasteiger partial charge in [-0.05, 0) is 19.0 Å². The van der Waals surface area contributed by atoms with Crippen LogP contribution in [0, 0.1) is 18.3 Å². The van der Waals surface area contributed by atoms with Crippen molar-refractivity contribution in [1.29, 1.82) is 0 Å². The first-order chi connectivity index (χ1) is 9.04. The van der Waals surface area contributed by atoms with Crippen LogP contribution in [0.4, 0.5) is 0 Å². The van der Waals surface area contributed by atoms with Crippen molar-refractivity contribution in [2.45, 2.75) is 27.7 Å². The van der Waals surface area contributed by atoms with E-state index in [-0.39, 0.29) is 5.91 Å². The second-order valence-corrected chi connectivity index (χ2v) is 5.07. The van der Waals surface area contributed by atoms with Crippen molar-refractivity contribution in [3.8, 4) is 12.3 Å². The second kappa shape index (κ2) is 10.8. The van der Waals surface area contributed by atoms with Gasteiger partial charge in [0.25, 0.3) is 0 Å². The molecule has 0 heterocycles. The Balaban J connectivity index is 4.28. The summed E-state index contributed by atoms with van der Waals surface area (Å²) in [7, 11) is 0. The van der Waals surface area contributed by atoms with Crippen LogP contribution in [0.3, 0.4) is 0 Å². The van der Waals surface area contributed by atoms with Crippen LogP contribution in [-0.2, 0) is 4.79 Å². The summed E-state index contributed by atoms with van der Waals surface area (Å²) in [5.41, 5.74) is 0. The fraction of sp³-hybridized carbons (Fsp3) is 0.800. The smallest absolute Gasteiger partial charge is 0.236 e. The average Bonchev–Trinajstić information content (AvgIpc) is 2.38. The van der Waals surface area contributed by atoms with E-state index in [4.69, 9.17) is 6.42 Å². The van der Waals surface area contributed by atoms with Gasteiger partial charge >= 0.3 is 0 Å². The lowest BCUT2D eigenvalue weighted by Gasteiger charge is -2.28. The fourth-order valence-electron chi connectivity index (χ4n) is 1.91. The predicted molar refractivity (Wildman–Crippen MR) is 80.9 cm³/mol. The molecule has 4 nitrogen and oxygen atoms in total. The van der Waals surface area contributed by atoms with Crippen molar-refractivity contribution in [1.82, 2.24) is 15.1 Å². The van der Waals surface area contributed by atoms with E-state index in [2.05, 4.69) is 43.8 Å². The number of carbonyl (C=O) groups is 1. The van der Waals surface area contributed by atoms with E-state index >= 15 is 0 Å². The van der Waals surface area contributed by atoms with Crippen LogP contribution in [0.25, 0.3) is 0 Å². The highest BCUT2D eigenvalue weighted by Gasteiger charge is 2.15. The minimum Gasteiger partial charge on any atom is -0.340 e. The molecule has 0 atom stereocenters. The van der Waals surface area contributed by atoms with Gasteiger partial charge in [-0.25, -0.2) is 0 Å². The van der Waals surface area contributed by atoms with E-state index < -0.39 is 0 Å². The van der Waals surface area contributed by atoms with E-state index in [1.54, 1.807) is 0 Å². The third-order valence-corrected chi connectivity index (χ3v) is 3.02. The number of nitrogens with one attached hydrogen (secondary N) is 1. The number of rotatable bonds is 10. The van der Waals surface area contributed by atoms with Crippen molar-refractivity contribution in [2.75, 3.05) is 45.8 Å². The maximum Gasteiger partial charge on any atom is 0.236 e. The molecule has 1 amide bonds. The molecule has 0 saturated carbocycles. The van der Waals surface area contributed by atoms with E-state index in [0.29, 0.717) is 19.0 Å². The fourth-order valence-corrected chi connectivity index (χ4v) is 1.91. The van der Waals surface area contributed by atoms with Crippen molar-refractivity contribution >= 4 is 5.91 Å². The maximum absolute atomic E-state index is 12.1. The van der Waals surface area contributed by atoms with Crippen LogP contribution in [0.5, 0.6) is 0 Å². The normalized spacial score (nSPS) is 10.8. The van der Waals surface area contributed by atoms with Crippen LogP contribution in [0.1, 0.15) is 27.7 Å². The van der Waals surface area contributed by atoms with Gasteiger partial charge in [0, 0.05) is 19.6 Å². The molecule has 0 aliphatic heterocycles. The standard InChI is InChI=1S/C15H29N3O/c1-6-9-16-12-15(19)18(13-14(4)5)11-10-17(7-2)8-3/h1,14,16H,7-13H2,2-5H3. The molecule has 110 valence electrons. The zero-order valence-corrected chi connectivity index (χ0v) is 12.9. The molecule has 0 saturated heterocycles. The second-order valence-electron chi connectivity index (χ2n) is 5.07. The van der Waals surface area contributed by atoms with Gasteiger partial charge in [-0.1, -0.05) is 33.6 Å². The number of carbonyl (C=O) groups excluding carboxylic acids is 1. The molecule has 0 rings (SSSR count). The Bertz CT molecular complexity index is 280. The summed E-state index contributed by atoms with van der Waals surface area (Å²) in [6.45, 7) is 13.9. The van der Waals surface area contributed by atoms with Gasteiger partial charge in [0.05, 0.1) is 13.1 Å². The Morgan fingerprint density at radius 1 is 1.26 bits per heavy atom. The van der Waals surface area contributed by atoms with Crippen LogP contribution in [0.2, 0.25) is 0 Å². The van der Waals surface area contributed by atoms with Crippen LogP contribution >= 0.6 is 0 Å². The van der Waals surface area contributed by atoms with Crippen LogP contribution < -0.4 is 5.32 Å². The van der Waals surface area contributed by atoms with Crippen molar-refractivity contribution < 1.29 is 4.79 Å². The lowest BCUT2D eigenvalue weighted by molar-refractivity contribution is -0.130. The van der Waals surface area contributed by atoms with Gasteiger partial charge in [-0.2, -0.15) is 0 Å². The van der Waals surface area contributed by atoms with Crippen molar-refractivity contribution in [3.63, 3.8) is 0 Å². The number of hydrogen-bond acceptors (Lipinski definition) is 3. The van der Waals surface area contributed by atoms with Gasteiger partial charge in [0.2, 0.25) is 5.91 Å². The molecule has 0 unspecified atom stereocenters. The average molecular weight is 267 g/mol. The molecule has 0 spiro atoms. The summed E-state index contributed by atoms with van der Waals surface area (Å²) in [4.78, 5) is 16.4. The molecular formula is C15H29N3O. The molecule has 0 bridgehead atoms. The number of nitrogens with zero attached hydrogens (tertiary/aromatic N) is 2. The molecule has 0 radical (unpaired) electrons. The lowest BCUT2D eigenvalue weighted by atomic mass is 10.2. The van der Waals surface area contributed by atoms with Gasteiger partial charge in [-0.15, -0.1) is 6.42 Å². The first-order valence-corrected chi connectivity index (χ1v) is 7.19. The molecule has 0 aromatic carbocycles. The van der Waals surface area contributed by atoms with E-state index in [1.165, 1.54) is 0 Å². The zero-order valence-electron chi connectivity index (χ0n) is 12.9. The molecule has 0 aliphatic rings. The molecule has 0 aromatic rings. The minimum absolute atomic E-state index is 0.135. The topological polar surface area (TPSA) is 35.6 Å².